The summed E-state index contributed by atoms with van der Waals surface area (Å²) in [6.07, 6.45) is 9.78. The summed E-state index contributed by atoms with van der Waals surface area (Å²) in [5.74, 6) is 2.28. The van der Waals surface area contributed by atoms with E-state index in [1.165, 1.54) is 38.5 Å². The van der Waals surface area contributed by atoms with E-state index < -0.39 is 0 Å². The number of nitrogens with zero attached hydrogens (tertiary/aromatic N) is 2. The highest BCUT2D eigenvalue weighted by atomic mass is 35.5. The van der Waals surface area contributed by atoms with Gasteiger partial charge in [0.05, 0.1) is 0 Å². The van der Waals surface area contributed by atoms with Crippen LogP contribution >= 0.6 is 12.4 Å². The van der Waals surface area contributed by atoms with Crippen LogP contribution in [0.5, 0.6) is 0 Å². The van der Waals surface area contributed by atoms with E-state index in [1.54, 1.807) is 0 Å². The van der Waals surface area contributed by atoms with Crippen LogP contribution in [0.3, 0.4) is 0 Å². The molecular formula is C21H38ClN3O2. The molecule has 0 aromatic rings. The highest BCUT2D eigenvalue weighted by Crippen LogP contribution is 2.28. The van der Waals surface area contributed by atoms with Gasteiger partial charge in [-0.05, 0) is 62.9 Å². The fourth-order valence-electron chi connectivity index (χ4n) is 4.94. The molecule has 27 heavy (non-hydrogen) atoms. The zero-order valence-corrected chi connectivity index (χ0v) is 17.8. The van der Waals surface area contributed by atoms with Crippen LogP contribution in [-0.4, -0.2) is 60.9 Å². The van der Waals surface area contributed by atoms with Gasteiger partial charge in [0.15, 0.2) is 0 Å². The summed E-state index contributed by atoms with van der Waals surface area (Å²) in [6, 6.07) is 0. The number of rotatable bonds is 5. The number of carbonyl (C=O) groups excluding carboxylic acids is 2. The van der Waals surface area contributed by atoms with Gasteiger partial charge in [-0.25, -0.2) is 0 Å². The van der Waals surface area contributed by atoms with Crippen molar-refractivity contribution >= 4 is 24.2 Å². The average Bonchev–Trinajstić information content (AvgIpc) is 3.03. The molecule has 0 aromatic heterocycles. The molecule has 0 aromatic carbocycles. The lowest BCUT2D eigenvalue weighted by molar-refractivity contribution is -0.134. The quantitative estimate of drug-likeness (QED) is 0.772. The fourth-order valence-corrected chi connectivity index (χ4v) is 4.94. The van der Waals surface area contributed by atoms with Crippen LogP contribution < -0.4 is 5.32 Å². The molecule has 2 atom stereocenters. The monoisotopic (exact) mass is 399 g/mol. The fraction of sp³-hybridized carbons (Fsp3) is 0.905. The Morgan fingerprint density at radius 2 is 1.59 bits per heavy atom. The van der Waals surface area contributed by atoms with Crippen molar-refractivity contribution in [3.63, 3.8) is 0 Å². The largest absolute Gasteiger partial charge is 0.341 e. The smallest absolute Gasteiger partial charge is 0.222 e. The van der Waals surface area contributed by atoms with Gasteiger partial charge >= 0.3 is 0 Å². The molecule has 0 spiro atoms. The Kier molecular flexibility index (Phi) is 9.37. The Hall–Kier alpha value is -0.810. The molecule has 3 fully saturated rings. The molecule has 2 unspecified atom stereocenters. The zero-order valence-electron chi connectivity index (χ0n) is 17.0. The van der Waals surface area contributed by atoms with Crippen molar-refractivity contribution in [2.45, 2.75) is 64.7 Å². The van der Waals surface area contributed by atoms with Gasteiger partial charge in [0, 0.05) is 39.0 Å². The van der Waals surface area contributed by atoms with E-state index in [4.69, 9.17) is 0 Å². The van der Waals surface area contributed by atoms with Gasteiger partial charge in [-0.3, -0.25) is 9.59 Å². The molecule has 0 bridgehead atoms. The molecule has 1 aliphatic carbocycles. The third-order valence-electron chi connectivity index (χ3n) is 6.78. The summed E-state index contributed by atoms with van der Waals surface area (Å²) in [5, 5.41) is 3.46. The molecule has 3 rings (SSSR count). The number of hydrogen-bond donors (Lipinski definition) is 1. The SMILES string of the molecule is CC(CC(=O)N1CCCN(C(=O)CC2CCCC2)CC1)C1CCCNC1.Cl. The summed E-state index contributed by atoms with van der Waals surface area (Å²) in [4.78, 5) is 29.4. The number of piperidine rings is 1. The first-order valence-corrected chi connectivity index (χ1v) is 10.9. The van der Waals surface area contributed by atoms with Crippen molar-refractivity contribution in [1.29, 1.82) is 0 Å². The lowest BCUT2D eigenvalue weighted by Gasteiger charge is -2.30. The number of amides is 2. The summed E-state index contributed by atoms with van der Waals surface area (Å²) in [6.45, 7) is 7.46. The van der Waals surface area contributed by atoms with Gasteiger partial charge in [-0.1, -0.05) is 19.8 Å². The van der Waals surface area contributed by atoms with Gasteiger partial charge in [0.25, 0.3) is 0 Å². The van der Waals surface area contributed by atoms with E-state index in [0.29, 0.717) is 36.6 Å². The lowest BCUT2D eigenvalue weighted by Crippen LogP contribution is -2.39. The summed E-state index contributed by atoms with van der Waals surface area (Å²) < 4.78 is 0. The van der Waals surface area contributed by atoms with Crippen molar-refractivity contribution in [2.75, 3.05) is 39.3 Å². The van der Waals surface area contributed by atoms with E-state index in [9.17, 15) is 9.59 Å². The van der Waals surface area contributed by atoms with Crippen LogP contribution in [0.25, 0.3) is 0 Å². The van der Waals surface area contributed by atoms with Crippen molar-refractivity contribution < 1.29 is 9.59 Å². The number of halogens is 1. The van der Waals surface area contributed by atoms with Crippen LogP contribution in [0, 0.1) is 17.8 Å². The van der Waals surface area contributed by atoms with E-state index in [0.717, 1.165) is 45.6 Å². The van der Waals surface area contributed by atoms with E-state index in [-0.39, 0.29) is 18.3 Å². The molecule has 6 heteroatoms. The van der Waals surface area contributed by atoms with Crippen molar-refractivity contribution in [3.05, 3.63) is 0 Å². The summed E-state index contributed by atoms with van der Waals surface area (Å²) in [5.41, 5.74) is 0. The van der Waals surface area contributed by atoms with Crippen LogP contribution in [0.15, 0.2) is 0 Å². The molecule has 2 amide bonds. The highest BCUT2D eigenvalue weighted by molar-refractivity contribution is 5.85. The van der Waals surface area contributed by atoms with Crippen LogP contribution in [0.2, 0.25) is 0 Å². The first-order chi connectivity index (χ1) is 12.6. The minimum Gasteiger partial charge on any atom is -0.341 e. The van der Waals surface area contributed by atoms with Gasteiger partial charge < -0.3 is 15.1 Å². The Balaban J connectivity index is 0.00000261. The predicted octanol–water partition coefficient (Wildman–Crippen LogP) is 3.08. The molecule has 2 heterocycles. The molecule has 1 N–H and O–H groups in total. The van der Waals surface area contributed by atoms with Crippen LogP contribution in [-0.2, 0) is 9.59 Å². The second kappa shape index (κ2) is 11.3. The third kappa shape index (κ3) is 6.63. The summed E-state index contributed by atoms with van der Waals surface area (Å²) in [7, 11) is 0. The Morgan fingerprint density at radius 1 is 0.926 bits per heavy atom. The maximum atomic E-state index is 12.8. The molecule has 0 radical (unpaired) electrons. The number of hydrogen-bond acceptors (Lipinski definition) is 3. The second-order valence-corrected chi connectivity index (χ2v) is 8.76. The van der Waals surface area contributed by atoms with Gasteiger partial charge in [0.1, 0.15) is 0 Å². The normalized spacial score (nSPS) is 25.6. The molecular weight excluding hydrogens is 362 g/mol. The van der Waals surface area contributed by atoms with Gasteiger partial charge in [-0.15, -0.1) is 12.4 Å². The Morgan fingerprint density at radius 3 is 2.22 bits per heavy atom. The van der Waals surface area contributed by atoms with Crippen molar-refractivity contribution in [3.8, 4) is 0 Å². The Labute approximate surface area is 171 Å². The maximum absolute atomic E-state index is 12.8. The standard InChI is InChI=1S/C21H37N3O2.ClH/c1-17(19-8-4-9-22-16-19)14-20(25)23-10-5-11-24(13-12-23)21(26)15-18-6-2-3-7-18;/h17-19,22H,2-16H2,1H3;1H. The zero-order chi connectivity index (χ0) is 18.4. The maximum Gasteiger partial charge on any atom is 0.222 e. The first kappa shape index (κ1) is 22.5. The first-order valence-electron chi connectivity index (χ1n) is 10.9. The molecule has 3 aliphatic rings. The third-order valence-corrected chi connectivity index (χ3v) is 6.78. The van der Waals surface area contributed by atoms with E-state index in [2.05, 4.69) is 12.2 Å². The molecule has 156 valence electrons. The molecule has 5 nitrogen and oxygen atoms in total. The van der Waals surface area contributed by atoms with E-state index in [1.807, 2.05) is 9.80 Å². The number of carbonyl (C=O) groups is 2. The molecule has 2 saturated heterocycles. The van der Waals surface area contributed by atoms with Crippen molar-refractivity contribution in [2.24, 2.45) is 17.8 Å². The average molecular weight is 400 g/mol. The molecule has 2 aliphatic heterocycles. The van der Waals surface area contributed by atoms with Crippen LogP contribution in [0.1, 0.15) is 64.7 Å². The minimum absolute atomic E-state index is 0. The van der Waals surface area contributed by atoms with Crippen LogP contribution in [0.4, 0.5) is 0 Å². The second-order valence-electron chi connectivity index (χ2n) is 8.76. The lowest BCUT2D eigenvalue weighted by atomic mass is 9.85. The summed E-state index contributed by atoms with van der Waals surface area (Å²) >= 11 is 0. The topological polar surface area (TPSA) is 52.7 Å². The Bertz CT molecular complexity index is 476. The molecule has 1 saturated carbocycles. The number of nitrogens with one attached hydrogen (secondary N) is 1. The highest BCUT2D eigenvalue weighted by Gasteiger charge is 2.27. The minimum atomic E-state index is 0. The van der Waals surface area contributed by atoms with Gasteiger partial charge in [0.2, 0.25) is 11.8 Å². The predicted molar refractivity (Wildman–Crippen MR) is 111 cm³/mol. The van der Waals surface area contributed by atoms with Crippen molar-refractivity contribution in [1.82, 2.24) is 15.1 Å². The van der Waals surface area contributed by atoms with E-state index >= 15 is 0 Å². The van der Waals surface area contributed by atoms with Gasteiger partial charge in [-0.2, -0.15) is 0 Å².